The number of nitrogens with zero attached hydrogens (tertiary/aromatic N) is 4. The molecule has 0 radical (unpaired) electrons. The molecule has 0 heterocycles. The first kappa shape index (κ1) is 21.1. The third-order valence-corrected chi connectivity index (χ3v) is 6.06. The minimum Gasteiger partial charge on any atom is -0.399 e. The SMILES string of the molecule is N#CC1=C(N)C(C#N)(C#N)[C@H](c2ccccc2Cl)[C@@H]([N+](=O)[O-])[C@H]1c1ccccc1Cl. The highest BCUT2D eigenvalue weighted by atomic mass is 35.5. The van der Waals surface area contributed by atoms with Crippen molar-refractivity contribution < 1.29 is 4.92 Å². The van der Waals surface area contributed by atoms with Crippen molar-refractivity contribution in [2.45, 2.75) is 17.9 Å². The summed E-state index contributed by atoms with van der Waals surface area (Å²) >= 11 is 12.6. The molecule has 2 aromatic rings. The molecule has 2 aromatic carbocycles. The largest absolute Gasteiger partial charge is 0.399 e. The van der Waals surface area contributed by atoms with E-state index < -0.39 is 28.2 Å². The molecule has 0 amide bonds. The number of rotatable bonds is 3. The molecule has 0 unspecified atom stereocenters. The zero-order valence-electron chi connectivity index (χ0n) is 15.3. The molecule has 7 nitrogen and oxygen atoms in total. The standard InChI is InChI=1S/C21H13Cl2N5O2/c22-15-7-3-1-5-12(15)17-14(9-24)20(27)21(10-25,11-26)18(19(17)28(29)30)13-6-2-4-8-16(13)23/h1-8,17-19H,27H2/t17-,18+,19-/m0/s1. The van der Waals surface area contributed by atoms with Crippen LogP contribution in [0.25, 0.3) is 0 Å². The summed E-state index contributed by atoms with van der Waals surface area (Å²) in [6.45, 7) is 0. The van der Waals surface area contributed by atoms with Gasteiger partial charge in [-0.2, -0.15) is 15.8 Å². The van der Waals surface area contributed by atoms with Crippen LogP contribution in [-0.4, -0.2) is 11.0 Å². The summed E-state index contributed by atoms with van der Waals surface area (Å²) in [5.41, 5.74) is 4.02. The van der Waals surface area contributed by atoms with Crippen molar-refractivity contribution in [3.63, 3.8) is 0 Å². The number of halogens is 2. The number of nitrogens with two attached hydrogens (primary N) is 1. The Morgan fingerprint density at radius 1 is 0.967 bits per heavy atom. The second kappa shape index (κ2) is 8.05. The maximum absolute atomic E-state index is 12.4. The molecule has 0 fully saturated rings. The first-order valence-electron chi connectivity index (χ1n) is 8.69. The van der Waals surface area contributed by atoms with Crippen molar-refractivity contribution in [1.29, 1.82) is 15.8 Å². The molecule has 1 aliphatic rings. The zero-order valence-corrected chi connectivity index (χ0v) is 16.8. The van der Waals surface area contributed by atoms with E-state index in [1.54, 1.807) is 36.4 Å². The summed E-state index contributed by atoms with van der Waals surface area (Å²) in [5, 5.41) is 42.5. The Morgan fingerprint density at radius 3 is 1.90 bits per heavy atom. The van der Waals surface area contributed by atoms with Gasteiger partial charge in [-0.25, -0.2) is 0 Å². The van der Waals surface area contributed by atoms with E-state index in [1.165, 1.54) is 12.1 Å². The molecule has 0 saturated heterocycles. The molecule has 9 heteroatoms. The minimum atomic E-state index is -2.16. The Kier molecular flexibility index (Phi) is 5.67. The quantitative estimate of drug-likeness (QED) is 0.560. The van der Waals surface area contributed by atoms with Gasteiger partial charge in [-0.1, -0.05) is 59.6 Å². The summed E-state index contributed by atoms with van der Waals surface area (Å²) in [4.78, 5) is 11.8. The Balaban J connectivity index is 2.48. The number of hydrogen-bond donors (Lipinski definition) is 1. The molecule has 0 aliphatic heterocycles. The van der Waals surface area contributed by atoms with Crippen LogP contribution in [0.1, 0.15) is 23.0 Å². The number of allylic oxidation sites excluding steroid dienone is 1. The third-order valence-electron chi connectivity index (χ3n) is 5.37. The van der Waals surface area contributed by atoms with E-state index >= 15 is 0 Å². The van der Waals surface area contributed by atoms with E-state index in [9.17, 15) is 25.9 Å². The lowest BCUT2D eigenvalue weighted by Crippen LogP contribution is -2.50. The minimum absolute atomic E-state index is 0.148. The molecule has 30 heavy (non-hydrogen) atoms. The van der Waals surface area contributed by atoms with Crippen LogP contribution in [0.4, 0.5) is 0 Å². The fourth-order valence-corrected chi connectivity index (χ4v) is 4.54. The van der Waals surface area contributed by atoms with Crippen molar-refractivity contribution in [3.05, 3.63) is 91.1 Å². The van der Waals surface area contributed by atoms with E-state index in [4.69, 9.17) is 28.9 Å². The maximum atomic E-state index is 12.4. The van der Waals surface area contributed by atoms with Crippen LogP contribution in [0.5, 0.6) is 0 Å². The smallest absolute Gasteiger partial charge is 0.234 e. The molecule has 0 spiro atoms. The highest BCUT2D eigenvalue weighted by Crippen LogP contribution is 2.55. The molecule has 2 N–H and O–H groups in total. The van der Waals surface area contributed by atoms with Crippen LogP contribution in [0, 0.1) is 49.5 Å². The first-order valence-corrected chi connectivity index (χ1v) is 9.44. The lowest BCUT2D eigenvalue weighted by Gasteiger charge is -2.40. The van der Waals surface area contributed by atoms with Gasteiger partial charge in [0.05, 0.1) is 41.3 Å². The number of nitriles is 3. The third kappa shape index (κ3) is 3.04. The Hall–Kier alpha value is -3.57. The first-order chi connectivity index (χ1) is 14.3. The van der Waals surface area contributed by atoms with Crippen molar-refractivity contribution >= 4 is 23.2 Å². The molecule has 3 rings (SSSR count). The van der Waals surface area contributed by atoms with E-state index in [1.807, 2.05) is 18.2 Å². The molecular formula is C21H13Cl2N5O2. The Morgan fingerprint density at radius 2 is 1.47 bits per heavy atom. The van der Waals surface area contributed by atoms with Crippen molar-refractivity contribution in [2.75, 3.05) is 0 Å². The van der Waals surface area contributed by atoms with Gasteiger partial charge in [-0.15, -0.1) is 0 Å². The molecule has 3 atom stereocenters. The second-order valence-corrected chi connectivity index (χ2v) is 7.56. The average molecular weight is 438 g/mol. The van der Waals surface area contributed by atoms with Gasteiger partial charge < -0.3 is 5.73 Å². The van der Waals surface area contributed by atoms with Crippen LogP contribution in [0.3, 0.4) is 0 Å². The molecule has 1 aliphatic carbocycles. The normalized spacial score (nSPS) is 22.4. The van der Waals surface area contributed by atoms with Crippen molar-refractivity contribution in [3.8, 4) is 18.2 Å². The molecular weight excluding hydrogens is 425 g/mol. The topological polar surface area (TPSA) is 141 Å². The monoisotopic (exact) mass is 437 g/mol. The molecule has 0 aromatic heterocycles. The maximum Gasteiger partial charge on any atom is 0.234 e. The zero-order chi connectivity index (χ0) is 22.1. The van der Waals surface area contributed by atoms with Gasteiger partial charge in [-0.05, 0) is 23.3 Å². The number of hydrogen-bond acceptors (Lipinski definition) is 6. The van der Waals surface area contributed by atoms with Crippen LogP contribution in [0.2, 0.25) is 10.0 Å². The summed E-state index contributed by atoms with van der Waals surface area (Å²) in [5.74, 6) is -2.51. The van der Waals surface area contributed by atoms with Crippen molar-refractivity contribution in [1.82, 2.24) is 0 Å². The number of benzene rings is 2. The van der Waals surface area contributed by atoms with E-state index in [2.05, 4.69) is 0 Å². The fourth-order valence-electron chi connectivity index (χ4n) is 4.04. The molecule has 0 saturated carbocycles. The van der Waals surface area contributed by atoms with Crippen LogP contribution in [-0.2, 0) is 0 Å². The van der Waals surface area contributed by atoms with Crippen LogP contribution < -0.4 is 5.73 Å². The van der Waals surface area contributed by atoms with Gasteiger partial charge in [-0.3, -0.25) is 10.1 Å². The van der Waals surface area contributed by atoms with Crippen LogP contribution >= 0.6 is 23.2 Å². The highest BCUT2D eigenvalue weighted by Gasteiger charge is 2.61. The predicted octanol–water partition coefficient (Wildman–Crippen LogP) is 4.29. The highest BCUT2D eigenvalue weighted by molar-refractivity contribution is 6.31. The number of nitro groups is 1. The summed E-state index contributed by atoms with van der Waals surface area (Å²) in [7, 11) is 0. The lowest BCUT2D eigenvalue weighted by atomic mass is 9.58. The van der Waals surface area contributed by atoms with Gasteiger partial charge in [0.2, 0.25) is 6.04 Å². The van der Waals surface area contributed by atoms with Gasteiger partial charge in [0.1, 0.15) is 0 Å². The average Bonchev–Trinajstić information content (AvgIpc) is 2.74. The van der Waals surface area contributed by atoms with Gasteiger partial charge in [0.25, 0.3) is 0 Å². The van der Waals surface area contributed by atoms with Gasteiger partial charge in [0, 0.05) is 15.0 Å². The van der Waals surface area contributed by atoms with E-state index in [-0.39, 0.29) is 26.9 Å². The van der Waals surface area contributed by atoms with Crippen molar-refractivity contribution in [2.24, 2.45) is 11.1 Å². The fraction of sp³-hybridized carbons (Fsp3) is 0.190. The van der Waals surface area contributed by atoms with E-state index in [0.29, 0.717) is 5.56 Å². The lowest BCUT2D eigenvalue weighted by molar-refractivity contribution is -0.532. The summed E-state index contributed by atoms with van der Waals surface area (Å²) in [6, 6.07) is 16.6. The predicted molar refractivity (Wildman–Crippen MR) is 110 cm³/mol. The molecule has 0 bridgehead atoms. The summed E-state index contributed by atoms with van der Waals surface area (Å²) < 4.78 is 0. The Labute approximate surface area is 182 Å². The van der Waals surface area contributed by atoms with Gasteiger partial charge >= 0.3 is 0 Å². The molecule has 148 valence electrons. The van der Waals surface area contributed by atoms with E-state index in [0.717, 1.165) is 0 Å². The summed E-state index contributed by atoms with van der Waals surface area (Å²) in [6.07, 6.45) is 0. The van der Waals surface area contributed by atoms with Crippen LogP contribution in [0.15, 0.2) is 59.8 Å². The second-order valence-electron chi connectivity index (χ2n) is 6.75. The van der Waals surface area contributed by atoms with Gasteiger partial charge in [0.15, 0.2) is 5.41 Å². The Bertz CT molecular complexity index is 1170.